The lowest BCUT2D eigenvalue weighted by atomic mass is 9.75. The van der Waals surface area contributed by atoms with E-state index in [0.29, 0.717) is 36.6 Å². The topological polar surface area (TPSA) is 53.1 Å². The molecule has 3 heterocycles. The molecule has 3 fully saturated rings. The van der Waals surface area contributed by atoms with Gasteiger partial charge in [-0.25, -0.2) is 0 Å². The van der Waals surface area contributed by atoms with Gasteiger partial charge >= 0.3 is 0 Å². The van der Waals surface area contributed by atoms with Crippen LogP contribution in [0.25, 0.3) is 0 Å². The van der Waals surface area contributed by atoms with E-state index in [2.05, 4.69) is 11.9 Å². The SMILES string of the molecule is CN1C2CC(C(CCCO)C(=O)c3ccccc3)CC1C1OC12. The molecule has 23 heavy (non-hydrogen) atoms. The largest absolute Gasteiger partial charge is 0.396 e. The second kappa shape index (κ2) is 6.00. The van der Waals surface area contributed by atoms with Crippen LogP contribution in [0.3, 0.4) is 0 Å². The minimum absolute atomic E-state index is 0.0285. The first-order valence-electron chi connectivity index (χ1n) is 8.78. The number of hydrogen-bond donors (Lipinski definition) is 1. The predicted molar refractivity (Wildman–Crippen MR) is 87.3 cm³/mol. The molecule has 5 unspecified atom stereocenters. The molecule has 4 heteroatoms. The first-order valence-corrected chi connectivity index (χ1v) is 8.78. The Balaban J connectivity index is 1.53. The van der Waals surface area contributed by atoms with Crippen molar-refractivity contribution in [1.82, 2.24) is 4.90 Å². The number of hydrogen-bond acceptors (Lipinski definition) is 4. The third kappa shape index (κ3) is 2.63. The summed E-state index contributed by atoms with van der Waals surface area (Å²) in [7, 11) is 2.20. The van der Waals surface area contributed by atoms with Gasteiger partial charge in [-0.3, -0.25) is 9.69 Å². The minimum Gasteiger partial charge on any atom is -0.396 e. The van der Waals surface area contributed by atoms with Crippen LogP contribution >= 0.6 is 0 Å². The lowest BCUT2D eigenvalue weighted by molar-refractivity contribution is 0.0274. The molecule has 0 spiro atoms. The van der Waals surface area contributed by atoms with Crippen LogP contribution < -0.4 is 0 Å². The van der Waals surface area contributed by atoms with Gasteiger partial charge in [-0.05, 0) is 38.6 Å². The van der Waals surface area contributed by atoms with Crippen molar-refractivity contribution in [2.24, 2.45) is 11.8 Å². The van der Waals surface area contributed by atoms with Crippen LogP contribution in [-0.2, 0) is 4.74 Å². The molecule has 5 atom stereocenters. The van der Waals surface area contributed by atoms with Crippen molar-refractivity contribution in [3.05, 3.63) is 35.9 Å². The third-order valence-electron chi connectivity index (χ3n) is 6.09. The molecule has 0 radical (unpaired) electrons. The number of carbonyl (C=O) groups excluding carboxylic acids is 1. The molecule has 3 aliphatic rings. The Morgan fingerprint density at radius 1 is 1.26 bits per heavy atom. The van der Waals surface area contributed by atoms with Gasteiger partial charge in [-0.2, -0.15) is 0 Å². The molecule has 0 aliphatic carbocycles. The quantitative estimate of drug-likeness (QED) is 0.645. The Kier molecular flexibility index (Phi) is 4.00. The first-order chi connectivity index (χ1) is 11.2. The van der Waals surface area contributed by atoms with Gasteiger partial charge in [0.05, 0.1) is 0 Å². The predicted octanol–water partition coefficient (Wildman–Crippen LogP) is 2.12. The highest BCUT2D eigenvalue weighted by molar-refractivity contribution is 5.98. The maximum atomic E-state index is 13.0. The summed E-state index contributed by atoms with van der Waals surface area (Å²) in [5.74, 6) is 0.695. The Morgan fingerprint density at radius 2 is 1.91 bits per heavy atom. The van der Waals surface area contributed by atoms with Crippen LogP contribution in [-0.4, -0.2) is 53.7 Å². The van der Waals surface area contributed by atoms with E-state index in [1.165, 1.54) is 0 Å². The number of benzene rings is 1. The van der Waals surface area contributed by atoms with E-state index in [-0.39, 0.29) is 18.3 Å². The van der Waals surface area contributed by atoms with Gasteiger partial charge in [0, 0.05) is 30.2 Å². The summed E-state index contributed by atoms with van der Waals surface area (Å²) in [6, 6.07) is 10.6. The first kappa shape index (κ1) is 15.3. The normalized spacial score (nSPS) is 36.5. The monoisotopic (exact) mass is 315 g/mol. The second-order valence-electron chi connectivity index (χ2n) is 7.30. The molecule has 124 valence electrons. The van der Waals surface area contributed by atoms with Crippen molar-refractivity contribution < 1.29 is 14.6 Å². The number of Topliss-reactive ketones (excluding diaryl/α,β-unsaturated/α-hetero) is 1. The number of carbonyl (C=O) groups is 1. The number of ether oxygens (including phenoxy) is 1. The molecule has 3 saturated heterocycles. The number of likely N-dealkylation sites (N-methyl/N-ethyl adjacent to an activating group) is 1. The summed E-state index contributed by atoms with van der Waals surface area (Å²) < 4.78 is 5.78. The van der Waals surface area contributed by atoms with Crippen LogP contribution in [0.2, 0.25) is 0 Å². The zero-order valence-electron chi connectivity index (χ0n) is 13.6. The van der Waals surface area contributed by atoms with Crippen molar-refractivity contribution in [3.63, 3.8) is 0 Å². The maximum absolute atomic E-state index is 13.0. The van der Waals surface area contributed by atoms with E-state index >= 15 is 0 Å². The van der Waals surface area contributed by atoms with E-state index in [4.69, 9.17) is 4.74 Å². The summed E-state index contributed by atoms with van der Waals surface area (Å²) >= 11 is 0. The lowest BCUT2D eigenvalue weighted by Gasteiger charge is -2.41. The van der Waals surface area contributed by atoms with Gasteiger partial charge in [-0.15, -0.1) is 0 Å². The van der Waals surface area contributed by atoms with Crippen LogP contribution in [0.1, 0.15) is 36.0 Å². The van der Waals surface area contributed by atoms with Crippen LogP contribution in [0, 0.1) is 11.8 Å². The molecule has 3 aliphatic heterocycles. The van der Waals surface area contributed by atoms with Crippen LogP contribution in [0.5, 0.6) is 0 Å². The van der Waals surface area contributed by atoms with Crippen molar-refractivity contribution in [2.45, 2.75) is 50.0 Å². The molecule has 1 aromatic rings. The van der Waals surface area contributed by atoms with Crippen molar-refractivity contribution in [2.75, 3.05) is 13.7 Å². The van der Waals surface area contributed by atoms with E-state index in [0.717, 1.165) is 24.8 Å². The summed E-state index contributed by atoms with van der Waals surface area (Å²) in [4.78, 5) is 15.5. The molecule has 1 N–H and O–H groups in total. The number of aliphatic hydroxyl groups is 1. The molecule has 0 amide bonds. The summed E-state index contributed by atoms with van der Waals surface area (Å²) in [6.07, 6.45) is 4.38. The fourth-order valence-electron chi connectivity index (χ4n) is 4.82. The average Bonchev–Trinajstić information content (AvgIpc) is 3.33. The van der Waals surface area contributed by atoms with Gasteiger partial charge < -0.3 is 9.84 Å². The van der Waals surface area contributed by atoms with Gasteiger partial charge in [0.2, 0.25) is 0 Å². The van der Waals surface area contributed by atoms with Crippen molar-refractivity contribution in [1.29, 1.82) is 0 Å². The third-order valence-corrected chi connectivity index (χ3v) is 6.09. The molecule has 4 rings (SSSR count). The lowest BCUT2D eigenvalue weighted by Crippen LogP contribution is -2.47. The molecule has 0 saturated carbocycles. The zero-order valence-corrected chi connectivity index (χ0v) is 13.6. The summed E-state index contributed by atoms with van der Waals surface area (Å²) in [6.45, 7) is 0.159. The number of rotatable bonds is 6. The molecular formula is C19H25NO3. The van der Waals surface area contributed by atoms with Crippen LogP contribution in [0.4, 0.5) is 0 Å². The molecule has 2 bridgehead atoms. The Bertz CT molecular complexity index is 557. The highest BCUT2D eigenvalue weighted by Gasteiger charge is 2.62. The van der Waals surface area contributed by atoms with E-state index in [1.807, 2.05) is 30.3 Å². The van der Waals surface area contributed by atoms with Gasteiger partial charge in [0.15, 0.2) is 5.78 Å². The number of morpholine rings is 1. The number of piperidine rings is 1. The number of nitrogens with zero attached hydrogens (tertiary/aromatic N) is 1. The fourth-order valence-corrected chi connectivity index (χ4v) is 4.82. The number of epoxide rings is 1. The minimum atomic E-state index is 0.0285. The standard InChI is InChI=1S/C19H25NO3/c1-20-15-10-13(11-16(20)19-18(15)23-19)14(8-5-9-21)17(22)12-6-3-2-4-7-12/h2-4,6-7,13-16,18-19,21H,5,8-11H2,1H3. The van der Waals surface area contributed by atoms with Crippen molar-refractivity contribution in [3.8, 4) is 0 Å². The number of ketones is 1. The highest BCUT2D eigenvalue weighted by Crippen LogP contribution is 2.51. The van der Waals surface area contributed by atoms with E-state index < -0.39 is 0 Å². The second-order valence-corrected chi connectivity index (χ2v) is 7.30. The average molecular weight is 315 g/mol. The van der Waals surface area contributed by atoms with E-state index in [1.54, 1.807) is 0 Å². The zero-order chi connectivity index (χ0) is 16.0. The number of aliphatic hydroxyl groups excluding tert-OH is 1. The van der Waals surface area contributed by atoms with Gasteiger partial charge in [0.25, 0.3) is 0 Å². The molecule has 1 aromatic carbocycles. The number of fused-ring (bicyclic) bond motifs is 5. The summed E-state index contributed by atoms with van der Waals surface area (Å²) in [5.41, 5.74) is 0.808. The fraction of sp³-hybridized carbons (Fsp3) is 0.632. The van der Waals surface area contributed by atoms with Gasteiger partial charge in [-0.1, -0.05) is 30.3 Å². The summed E-state index contributed by atoms with van der Waals surface area (Å²) in [5, 5.41) is 9.23. The molecular weight excluding hydrogens is 290 g/mol. The molecule has 0 aromatic heterocycles. The van der Waals surface area contributed by atoms with Gasteiger partial charge in [0.1, 0.15) is 12.2 Å². The maximum Gasteiger partial charge on any atom is 0.166 e. The molecule has 4 nitrogen and oxygen atoms in total. The van der Waals surface area contributed by atoms with Crippen LogP contribution in [0.15, 0.2) is 30.3 Å². The Labute approximate surface area is 137 Å². The Hall–Kier alpha value is -1.23. The van der Waals surface area contributed by atoms with Crippen molar-refractivity contribution >= 4 is 5.78 Å². The highest BCUT2D eigenvalue weighted by atomic mass is 16.6. The smallest absolute Gasteiger partial charge is 0.166 e. The van der Waals surface area contributed by atoms with E-state index in [9.17, 15) is 9.90 Å². The Morgan fingerprint density at radius 3 is 2.52 bits per heavy atom.